The Morgan fingerprint density at radius 1 is 0.853 bits per heavy atom. The summed E-state index contributed by atoms with van der Waals surface area (Å²) in [6.45, 7) is 5.32. The lowest BCUT2D eigenvalue weighted by Crippen LogP contribution is -2.48. The molecule has 0 saturated heterocycles. The van der Waals surface area contributed by atoms with Crippen molar-refractivity contribution in [2.45, 2.75) is 50.3 Å². The monoisotopic (exact) mass is 481 g/mol. The molecule has 3 aromatic rings. The van der Waals surface area contributed by atoms with E-state index in [1.807, 2.05) is 60.7 Å². The van der Waals surface area contributed by atoms with Crippen LogP contribution in [0.3, 0.4) is 0 Å². The molecule has 0 aliphatic carbocycles. The third-order valence-corrected chi connectivity index (χ3v) is 7.01. The van der Waals surface area contributed by atoms with Gasteiger partial charge in [0, 0.05) is 6.54 Å². The van der Waals surface area contributed by atoms with E-state index in [1.54, 1.807) is 32.9 Å². The van der Waals surface area contributed by atoms with Gasteiger partial charge in [-0.05, 0) is 62.6 Å². The molecular formula is C27H31NO5S. The van der Waals surface area contributed by atoms with Gasteiger partial charge in [-0.3, -0.25) is 4.79 Å². The number of ether oxygens (including phenoxy) is 2. The van der Waals surface area contributed by atoms with Crippen molar-refractivity contribution in [2.24, 2.45) is 0 Å². The van der Waals surface area contributed by atoms with Crippen LogP contribution in [-0.2, 0) is 32.5 Å². The fourth-order valence-electron chi connectivity index (χ4n) is 3.52. The average Bonchev–Trinajstić information content (AvgIpc) is 2.81. The van der Waals surface area contributed by atoms with Crippen molar-refractivity contribution < 1.29 is 22.7 Å². The third-order valence-electron chi connectivity index (χ3n) is 5.15. The normalized spacial score (nSPS) is 12.9. The number of carbonyl (C=O) groups is 1. The van der Waals surface area contributed by atoms with Gasteiger partial charge in [-0.15, -0.1) is 0 Å². The van der Waals surface area contributed by atoms with Gasteiger partial charge >= 0.3 is 5.97 Å². The predicted octanol–water partition coefficient (Wildman–Crippen LogP) is 4.84. The summed E-state index contributed by atoms with van der Waals surface area (Å²) in [5.41, 5.74) is 0.830. The second-order valence-electron chi connectivity index (χ2n) is 8.95. The minimum atomic E-state index is -4.07. The molecule has 0 amide bonds. The second-order valence-corrected chi connectivity index (χ2v) is 10.8. The van der Waals surface area contributed by atoms with Crippen LogP contribution in [0.2, 0.25) is 0 Å². The molecule has 0 spiro atoms. The van der Waals surface area contributed by atoms with E-state index in [-0.39, 0.29) is 17.9 Å². The highest BCUT2D eigenvalue weighted by Gasteiger charge is 2.38. The minimum absolute atomic E-state index is 0.0198. The Bertz CT molecular complexity index is 1170. The van der Waals surface area contributed by atoms with Gasteiger partial charge < -0.3 is 9.47 Å². The Morgan fingerprint density at radius 2 is 1.38 bits per heavy atom. The first-order chi connectivity index (χ1) is 16.1. The van der Waals surface area contributed by atoms with Gasteiger partial charge in [0.05, 0.1) is 12.0 Å². The molecule has 7 heteroatoms. The molecule has 6 nitrogen and oxygen atoms in total. The standard InChI is InChI=1S/C27H31NO5S/c1-27(2,3)33-26(29)25(19-21-11-7-5-8-12-21)28(20-22-13-9-6-10-14-22)34(30,31)24-17-15-23(32-4)16-18-24/h5-18,25H,19-20H2,1-4H3. The maximum absolute atomic E-state index is 13.9. The Balaban J connectivity index is 2.10. The quantitative estimate of drug-likeness (QED) is 0.409. The van der Waals surface area contributed by atoms with E-state index in [1.165, 1.54) is 23.5 Å². The molecule has 0 N–H and O–H groups in total. The highest BCUT2D eigenvalue weighted by molar-refractivity contribution is 7.89. The summed E-state index contributed by atoms with van der Waals surface area (Å²) in [5, 5.41) is 0. The summed E-state index contributed by atoms with van der Waals surface area (Å²) in [7, 11) is -2.55. The van der Waals surface area contributed by atoms with Crippen molar-refractivity contribution in [1.82, 2.24) is 4.31 Å². The first kappa shape index (κ1) is 25.5. The van der Waals surface area contributed by atoms with Gasteiger partial charge in [-0.1, -0.05) is 60.7 Å². The van der Waals surface area contributed by atoms with Crippen LogP contribution in [0.1, 0.15) is 31.9 Å². The Labute approximate surface area is 202 Å². The van der Waals surface area contributed by atoms with Gasteiger partial charge in [0.1, 0.15) is 17.4 Å². The van der Waals surface area contributed by atoms with Crippen LogP contribution in [0.4, 0.5) is 0 Å². The topological polar surface area (TPSA) is 72.9 Å². The van der Waals surface area contributed by atoms with Crippen molar-refractivity contribution >= 4 is 16.0 Å². The highest BCUT2D eigenvalue weighted by atomic mass is 32.2. The van der Waals surface area contributed by atoms with E-state index in [0.717, 1.165) is 11.1 Å². The van der Waals surface area contributed by atoms with Crippen LogP contribution < -0.4 is 4.74 Å². The van der Waals surface area contributed by atoms with E-state index in [9.17, 15) is 13.2 Å². The zero-order chi connectivity index (χ0) is 24.8. The SMILES string of the molecule is COc1ccc(S(=O)(=O)N(Cc2ccccc2)C(Cc2ccccc2)C(=O)OC(C)(C)C)cc1. The molecule has 0 fully saturated rings. The Hall–Kier alpha value is -3.16. The molecule has 180 valence electrons. The summed E-state index contributed by atoms with van der Waals surface area (Å²) in [6.07, 6.45) is 0.179. The lowest BCUT2D eigenvalue weighted by atomic mass is 10.0. The van der Waals surface area contributed by atoms with Gasteiger partial charge in [0.25, 0.3) is 0 Å². The molecule has 0 saturated carbocycles. The molecule has 0 aromatic heterocycles. The van der Waals surface area contributed by atoms with Crippen molar-refractivity contribution in [3.8, 4) is 5.75 Å². The summed E-state index contributed by atoms with van der Waals surface area (Å²) in [6, 6.07) is 23.7. The molecule has 3 rings (SSSR count). The second kappa shape index (κ2) is 10.8. The predicted molar refractivity (Wildman–Crippen MR) is 132 cm³/mol. The number of hydrogen-bond donors (Lipinski definition) is 0. The first-order valence-corrected chi connectivity index (χ1v) is 12.5. The number of carbonyl (C=O) groups excluding carboxylic acids is 1. The molecule has 0 aliphatic heterocycles. The molecular weight excluding hydrogens is 450 g/mol. The van der Waals surface area contributed by atoms with Crippen molar-refractivity contribution in [3.05, 3.63) is 96.1 Å². The molecule has 0 heterocycles. The fraction of sp³-hybridized carbons (Fsp3) is 0.296. The van der Waals surface area contributed by atoms with Crippen molar-refractivity contribution in [3.63, 3.8) is 0 Å². The number of esters is 1. The molecule has 0 bridgehead atoms. The van der Waals surface area contributed by atoms with E-state index in [2.05, 4.69) is 0 Å². The lowest BCUT2D eigenvalue weighted by molar-refractivity contribution is -0.159. The third kappa shape index (κ3) is 6.68. The number of hydrogen-bond acceptors (Lipinski definition) is 5. The van der Waals surface area contributed by atoms with E-state index in [4.69, 9.17) is 9.47 Å². The summed E-state index contributed by atoms with van der Waals surface area (Å²) < 4.78 is 39.9. The summed E-state index contributed by atoms with van der Waals surface area (Å²) >= 11 is 0. The molecule has 1 unspecified atom stereocenters. The number of rotatable bonds is 9. The number of benzene rings is 3. The van der Waals surface area contributed by atoms with Crippen molar-refractivity contribution in [1.29, 1.82) is 0 Å². The van der Waals surface area contributed by atoms with Crippen LogP contribution in [0.5, 0.6) is 5.75 Å². The highest BCUT2D eigenvalue weighted by Crippen LogP contribution is 2.26. The zero-order valence-electron chi connectivity index (χ0n) is 20.0. The summed E-state index contributed by atoms with van der Waals surface area (Å²) in [4.78, 5) is 13.5. The van der Waals surface area contributed by atoms with E-state index in [0.29, 0.717) is 5.75 Å². The largest absolute Gasteiger partial charge is 0.497 e. The van der Waals surface area contributed by atoms with E-state index < -0.39 is 27.6 Å². The molecule has 1 atom stereocenters. The maximum Gasteiger partial charge on any atom is 0.325 e. The molecule has 34 heavy (non-hydrogen) atoms. The smallest absolute Gasteiger partial charge is 0.325 e. The maximum atomic E-state index is 13.9. The van der Waals surface area contributed by atoms with Gasteiger partial charge in [-0.25, -0.2) is 8.42 Å². The molecule has 0 aliphatic rings. The van der Waals surface area contributed by atoms with E-state index >= 15 is 0 Å². The van der Waals surface area contributed by atoms with Gasteiger partial charge in [0.2, 0.25) is 10.0 Å². The zero-order valence-corrected chi connectivity index (χ0v) is 20.8. The van der Waals surface area contributed by atoms with Crippen LogP contribution in [-0.4, -0.2) is 37.4 Å². The van der Waals surface area contributed by atoms with Crippen LogP contribution in [0.15, 0.2) is 89.8 Å². The Morgan fingerprint density at radius 3 is 1.88 bits per heavy atom. The number of sulfonamides is 1. The number of methoxy groups -OCH3 is 1. The van der Waals surface area contributed by atoms with Crippen LogP contribution in [0, 0.1) is 0 Å². The minimum Gasteiger partial charge on any atom is -0.497 e. The van der Waals surface area contributed by atoms with Gasteiger partial charge in [0.15, 0.2) is 0 Å². The fourth-order valence-corrected chi connectivity index (χ4v) is 5.08. The molecule has 0 radical (unpaired) electrons. The van der Waals surface area contributed by atoms with Gasteiger partial charge in [-0.2, -0.15) is 4.31 Å². The van der Waals surface area contributed by atoms with Crippen LogP contribution in [0.25, 0.3) is 0 Å². The Kier molecular flexibility index (Phi) is 8.12. The summed E-state index contributed by atoms with van der Waals surface area (Å²) in [5.74, 6) is -0.0501. The molecule has 3 aromatic carbocycles. The lowest BCUT2D eigenvalue weighted by Gasteiger charge is -2.32. The van der Waals surface area contributed by atoms with Crippen molar-refractivity contribution in [2.75, 3.05) is 7.11 Å². The number of nitrogens with zero attached hydrogens (tertiary/aromatic N) is 1. The van der Waals surface area contributed by atoms with Crippen LogP contribution >= 0.6 is 0 Å². The average molecular weight is 482 g/mol. The first-order valence-electron chi connectivity index (χ1n) is 11.1.